The smallest absolute Gasteiger partial charge is 0.222 e. The molecule has 1 aliphatic rings. The van der Waals surface area contributed by atoms with Gasteiger partial charge in [0.25, 0.3) is 0 Å². The minimum atomic E-state index is 0.723. The minimum absolute atomic E-state index is 0.723. The molecule has 0 atom stereocenters. The molecule has 1 aromatic heterocycles. The highest BCUT2D eigenvalue weighted by Crippen LogP contribution is 1.98. The Bertz CT molecular complexity index is 305. The molecule has 1 aliphatic heterocycles. The number of anilines is 1. The lowest BCUT2D eigenvalue weighted by Crippen LogP contribution is -2.45. The standard InChI is InChI=1S/C11H19N5/c1-10-8-14-11(15-9-10)13-4-7-16-5-2-12-3-6-16/h8-9,12H,2-7H2,1H3,(H,13,14,15). The first-order valence-corrected chi connectivity index (χ1v) is 5.80. The highest BCUT2D eigenvalue weighted by molar-refractivity contribution is 5.23. The molecule has 0 amide bonds. The summed E-state index contributed by atoms with van der Waals surface area (Å²) in [6, 6.07) is 0. The van der Waals surface area contributed by atoms with Gasteiger partial charge in [-0.3, -0.25) is 4.90 Å². The molecule has 5 heteroatoms. The van der Waals surface area contributed by atoms with Crippen molar-refractivity contribution in [2.45, 2.75) is 6.92 Å². The molecule has 2 N–H and O–H groups in total. The van der Waals surface area contributed by atoms with E-state index in [1.54, 1.807) is 0 Å². The van der Waals surface area contributed by atoms with Crippen molar-refractivity contribution in [1.29, 1.82) is 0 Å². The first kappa shape index (κ1) is 11.3. The number of hydrogen-bond donors (Lipinski definition) is 2. The molecule has 1 fully saturated rings. The SMILES string of the molecule is Cc1cnc(NCCN2CCNCC2)nc1. The fourth-order valence-corrected chi connectivity index (χ4v) is 1.74. The Morgan fingerprint density at radius 2 is 2.00 bits per heavy atom. The summed E-state index contributed by atoms with van der Waals surface area (Å²) in [5, 5.41) is 6.58. The number of piperazine rings is 1. The van der Waals surface area contributed by atoms with Gasteiger partial charge in [-0.1, -0.05) is 0 Å². The van der Waals surface area contributed by atoms with Crippen molar-refractivity contribution in [3.05, 3.63) is 18.0 Å². The molecule has 0 bridgehead atoms. The van der Waals surface area contributed by atoms with E-state index in [0.29, 0.717) is 0 Å². The molecule has 1 aromatic rings. The normalized spacial score (nSPS) is 17.3. The van der Waals surface area contributed by atoms with E-state index in [4.69, 9.17) is 0 Å². The lowest BCUT2D eigenvalue weighted by molar-refractivity contribution is 0.249. The lowest BCUT2D eigenvalue weighted by Gasteiger charge is -2.27. The van der Waals surface area contributed by atoms with Gasteiger partial charge in [0.15, 0.2) is 0 Å². The van der Waals surface area contributed by atoms with Gasteiger partial charge in [-0.2, -0.15) is 0 Å². The average Bonchev–Trinajstić information content (AvgIpc) is 2.33. The van der Waals surface area contributed by atoms with E-state index in [1.165, 1.54) is 0 Å². The Labute approximate surface area is 96.3 Å². The summed E-state index contributed by atoms with van der Waals surface area (Å²) in [5.41, 5.74) is 1.09. The van der Waals surface area contributed by atoms with Gasteiger partial charge < -0.3 is 10.6 Å². The highest BCUT2D eigenvalue weighted by Gasteiger charge is 2.08. The molecule has 1 saturated heterocycles. The predicted octanol–water partition coefficient (Wildman–Crippen LogP) is 0.102. The summed E-state index contributed by atoms with van der Waals surface area (Å²) < 4.78 is 0. The van der Waals surface area contributed by atoms with E-state index >= 15 is 0 Å². The van der Waals surface area contributed by atoms with E-state index in [0.717, 1.165) is 50.8 Å². The van der Waals surface area contributed by atoms with Crippen LogP contribution in [0.1, 0.15) is 5.56 Å². The van der Waals surface area contributed by atoms with Crippen molar-refractivity contribution in [2.75, 3.05) is 44.6 Å². The second kappa shape index (κ2) is 5.77. The van der Waals surface area contributed by atoms with Gasteiger partial charge >= 0.3 is 0 Å². The van der Waals surface area contributed by atoms with Crippen LogP contribution in [0.15, 0.2) is 12.4 Å². The number of rotatable bonds is 4. The van der Waals surface area contributed by atoms with E-state index in [1.807, 2.05) is 19.3 Å². The Hall–Kier alpha value is -1.20. The third-order valence-electron chi connectivity index (χ3n) is 2.70. The molecular weight excluding hydrogens is 202 g/mol. The van der Waals surface area contributed by atoms with Gasteiger partial charge in [0.1, 0.15) is 0 Å². The maximum absolute atomic E-state index is 4.21. The summed E-state index contributed by atoms with van der Waals surface area (Å²) in [5.74, 6) is 0.723. The summed E-state index contributed by atoms with van der Waals surface area (Å²) in [6.45, 7) is 8.42. The van der Waals surface area contributed by atoms with Crippen LogP contribution < -0.4 is 10.6 Å². The molecule has 88 valence electrons. The predicted molar refractivity (Wildman–Crippen MR) is 64.6 cm³/mol. The van der Waals surface area contributed by atoms with Crippen LogP contribution in [0.25, 0.3) is 0 Å². The van der Waals surface area contributed by atoms with Gasteiger partial charge in [-0.15, -0.1) is 0 Å². The second-order valence-electron chi connectivity index (χ2n) is 4.10. The fraction of sp³-hybridized carbons (Fsp3) is 0.636. The average molecular weight is 221 g/mol. The molecular formula is C11H19N5. The lowest BCUT2D eigenvalue weighted by atomic mass is 10.3. The number of hydrogen-bond acceptors (Lipinski definition) is 5. The number of aryl methyl sites for hydroxylation is 1. The summed E-state index contributed by atoms with van der Waals surface area (Å²) in [4.78, 5) is 10.9. The monoisotopic (exact) mass is 221 g/mol. The Morgan fingerprint density at radius 3 is 2.69 bits per heavy atom. The van der Waals surface area contributed by atoms with Crippen molar-refractivity contribution >= 4 is 5.95 Å². The van der Waals surface area contributed by atoms with Crippen LogP contribution in [-0.4, -0.2) is 54.1 Å². The number of aromatic nitrogens is 2. The first-order valence-electron chi connectivity index (χ1n) is 5.80. The molecule has 0 spiro atoms. The Kier molecular flexibility index (Phi) is 4.07. The molecule has 0 aliphatic carbocycles. The van der Waals surface area contributed by atoms with Crippen molar-refractivity contribution in [3.8, 4) is 0 Å². The van der Waals surface area contributed by atoms with Crippen molar-refractivity contribution in [1.82, 2.24) is 20.2 Å². The van der Waals surface area contributed by atoms with Crippen LogP contribution in [0.3, 0.4) is 0 Å². The van der Waals surface area contributed by atoms with Crippen LogP contribution in [0, 0.1) is 6.92 Å². The van der Waals surface area contributed by atoms with E-state index in [-0.39, 0.29) is 0 Å². The molecule has 0 radical (unpaired) electrons. The fourth-order valence-electron chi connectivity index (χ4n) is 1.74. The first-order chi connectivity index (χ1) is 7.84. The molecule has 2 heterocycles. The molecule has 0 unspecified atom stereocenters. The third kappa shape index (κ3) is 3.43. The van der Waals surface area contributed by atoms with E-state index < -0.39 is 0 Å². The minimum Gasteiger partial charge on any atom is -0.353 e. The zero-order valence-corrected chi connectivity index (χ0v) is 9.74. The quantitative estimate of drug-likeness (QED) is 0.755. The van der Waals surface area contributed by atoms with E-state index in [9.17, 15) is 0 Å². The van der Waals surface area contributed by atoms with Crippen LogP contribution in [0.2, 0.25) is 0 Å². The summed E-state index contributed by atoms with van der Waals surface area (Å²) in [7, 11) is 0. The zero-order valence-electron chi connectivity index (χ0n) is 9.74. The van der Waals surface area contributed by atoms with Gasteiger partial charge in [0.2, 0.25) is 5.95 Å². The topological polar surface area (TPSA) is 53.1 Å². The largest absolute Gasteiger partial charge is 0.353 e. The van der Waals surface area contributed by atoms with Gasteiger partial charge in [-0.05, 0) is 12.5 Å². The van der Waals surface area contributed by atoms with Crippen LogP contribution in [0.5, 0.6) is 0 Å². The van der Waals surface area contributed by atoms with Gasteiger partial charge in [0, 0.05) is 51.7 Å². The molecule has 0 aromatic carbocycles. The van der Waals surface area contributed by atoms with Crippen LogP contribution in [0.4, 0.5) is 5.95 Å². The van der Waals surface area contributed by atoms with Crippen molar-refractivity contribution in [3.63, 3.8) is 0 Å². The zero-order chi connectivity index (χ0) is 11.2. The maximum atomic E-state index is 4.21. The van der Waals surface area contributed by atoms with Crippen LogP contribution in [-0.2, 0) is 0 Å². The highest BCUT2D eigenvalue weighted by atomic mass is 15.2. The third-order valence-corrected chi connectivity index (χ3v) is 2.70. The number of nitrogens with zero attached hydrogens (tertiary/aromatic N) is 3. The Morgan fingerprint density at radius 1 is 1.31 bits per heavy atom. The Balaban J connectivity index is 1.69. The van der Waals surface area contributed by atoms with Gasteiger partial charge in [0.05, 0.1) is 0 Å². The van der Waals surface area contributed by atoms with Crippen molar-refractivity contribution < 1.29 is 0 Å². The summed E-state index contributed by atoms with van der Waals surface area (Å²) >= 11 is 0. The summed E-state index contributed by atoms with van der Waals surface area (Å²) in [6.07, 6.45) is 3.67. The molecule has 0 saturated carbocycles. The maximum Gasteiger partial charge on any atom is 0.222 e. The molecule has 2 rings (SSSR count). The second-order valence-corrected chi connectivity index (χ2v) is 4.10. The van der Waals surface area contributed by atoms with Gasteiger partial charge in [-0.25, -0.2) is 9.97 Å². The number of nitrogens with one attached hydrogen (secondary N) is 2. The van der Waals surface area contributed by atoms with E-state index in [2.05, 4.69) is 25.5 Å². The molecule has 16 heavy (non-hydrogen) atoms. The molecule has 5 nitrogen and oxygen atoms in total. The van der Waals surface area contributed by atoms with Crippen LogP contribution >= 0.6 is 0 Å². The van der Waals surface area contributed by atoms with Crippen molar-refractivity contribution in [2.24, 2.45) is 0 Å².